The fourth-order valence-electron chi connectivity index (χ4n) is 3.46. The molecule has 0 amide bonds. The molecule has 0 N–H and O–H groups in total. The molecule has 1 unspecified atom stereocenters. The predicted octanol–water partition coefficient (Wildman–Crippen LogP) is 4.51. The molecule has 0 spiro atoms. The molecule has 0 radical (unpaired) electrons. The predicted molar refractivity (Wildman–Crippen MR) is 103 cm³/mol. The Labute approximate surface area is 159 Å². The van der Waals surface area contributed by atoms with Crippen LogP contribution in [0, 0.1) is 6.92 Å². The van der Waals surface area contributed by atoms with Crippen LogP contribution in [0.15, 0.2) is 66.2 Å². The van der Waals surface area contributed by atoms with Crippen molar-refractivity contribution in [2.45, 2.75) is 31.7 Å². The molecule has 3 rings (SSSR count). The van der Waals surface area contributed by atoms with E-state index >= 15 is 0 Å². The second-order valence-corrected chi connectivity index (χ2v) is 8.89. The van der Waals surface area contributed by atoms with E-state index in [4.69, 9.17) is 0 Å². The topological polar surface area (TPSA) is 37.4 Å². The molecule has 1 aliphatic heterocycles. The first-order valence-corrected chi connectivity index (χ1v) is 10.7. The standard InChI is InChI=1S/C21H23F2NO2S/c1-16-11-13-17(14-12-16)7-6-10-20-19(18-8-4-3-5-9-18)15-24(21(20,22)23)27(2,25)26/h3-5,8-14,19H,6-7,15H2,1-2H3/b20-10+. The highest BCUT2D eigenvalue weighted by Gasteiger charge is 2.55. The van der Waals surface area contributed by atoms with Crippen LogP contribution in [0.25, 0.3) is 0 Å². The molecule has 1 heterocycles. The average molecular weight is 391 g/mol. The molecule has 0 saturated carbocycles. The minimum atomic E-state index is -4.02. The highest BCUT2D eigenvalue weighted by atomic mass is 32.2. The number of aryl methyl sites for hydroxylation is 2. The summed E-state index contributed by atoms with van der Waals surface area (Å²) in [5, 5.41) is 0. The molecule has 0 bridgehead atoms. The summed E-state index contributed by atoms with van der Waals surface area (Å²) in [6.45, 7) is 1.75. The van der Waals surface area contributed by atoms with Gasteiger partial charge in [-0.25, -0.2) is 8.42 Å². The van der Waals surface area contributed by atoms with Gasteiger partial charge in [-0.1, -0.05) is 66.2 Å². The molecule has 0 aromatic heterocycles. The number of sulfonamides is 1. The van der Waals surface area contributed by atoms with Gasteiger partial charge in [-0.3, -0.25) is 0 Å². The summed E-state index contributed by atoms with van der Waals surface area (Å²) in [7, 11) is -4.02. The Morgan fingerprint density at radius 1 is 1.11 bits per heavy atom. The van der Waals surface area contributed by atoms with Gasteiger partial charge in [0.1, 0.15) is 0 Å². The third-order valence-corrected chi connectivity index (χ3v) is 6.08. The molecule has 1 fully saturated rings. The number of rotatable bonds is 5. The van der Waals surface area contributed by atoms with Gasteiger partial charge in [0, 0.05) is 18.0 Å². The van der Waals surface area contributed by atoms with E-state index in [1.165, 1.54) is 6.08 Å². The first kappa shape index (κ1) is 19.7. The van der Waals surface area contributed by atoms with Gasteiger partial charge in [0.15, 0.2) is 0 Å². The molecule has 1 saturated heterocycles. The van der Waals surface area contributed by atoms with Gasteiger partial charge in [0.05, 0.1) is 6.26 Å². The van der Waals surface area contributed by atoms with Crippen molar-refractivity contribution in [3.05, 3.63) is 82.9 Å². The Balaban J connectivity index is 1.90. The van der Waals surface area contributed by atoms with E-state index in [1.807, 2.05) is 37.3 Å². The van der Waals surface area contributed by atoms with Crippen molar-refractivity contribution in [1.82, 2.24) is 4.31 Å². The number of hydrogen-bond acceptors (Lipinski definition) is 2. The zero-order chi connectivity index (χ0) is 19.7. The number of allylic oxidation sites excluding steroid dienone is 1. The SMILES string of the molecule is Cc1ccc(CC/C=C2\C(c3ccccc3)CN(S(C)(=O)=O)C2(F)F)cc1. The van der Waals surface area contributed by atoms with Crippen LogP contribution in [0.2, 0.25) is 0 Å². The van der Waals surface area contributed by atoms with E-state index in [9.17, 15) is 17.2 Å². The molecular weight excluding hydrogens is 368 g/mol. The highest BCUT2D eigenvalue weighted by Crippen LogP contribution is 2.47. The molecule has 6 heteroatoms. The van der Waals surface area contributed by atoms with E-state index < -0.39 is 22.0 Å². The van der Waals surface area contributed by atoms with Crippen LogP contribution >= 0.6 is 0 Å². The smallest absolute Gasteiger partial charge is 0.212 e. The summed E-state index contributed by atoms with van der Waals surface area (Å²) in [5.41, 5.74) is 2.78. The first-order valence-electron chi connectivity index (χ1n) is 8.86. The zero-order valence-electron chi connectivity index (χ0n) is 15.4. The van der Waals surface area contributed by atoms with Gasteiger partial charge in [-0.2, -0.15) is 8.78 Å². The molecule has 1 atom stereocenters. The number of hydrogen-bond donors (Lipinski definition) is 0. The van der Waals surface area contributed by atoms with Crippen LogP contribution in [-0.4, -0.2) is 31.6 Å². The number of nitrogens with zero attached hydrogens (tertiary/aromatic N) is 1. The van der Waals surface area contributed by atoms with E-state index in [2.05, 4.69) is 0 Å². The molecule has 1 aliphatic rings. The molecule has 3 nitrogen and oxygen atoms in total. The van der Waals surface area contributed by atoms with Crippen LogP contribution in [-0.2, 0) is 16.4 Å². The number of benzene rings is 2. The lowest BCUT2D eigenvalue weighted by Crippen LogP contribution is -2.40. The third kappa shape index (κ3) is 4.28. The fourth-order valence-corrected chi connectivity index (χ4v) is 4.40. The summed E-state index contributed by atoms with van der Waals surface area (Å²) in [4.78, 5) is 0. The van der Waals surface area contributed by atoms with Crippen LogP contribution < -0.4 is 0 Å². The minimum Gasteiger partial charge on any atom is -0.212 e. The largest absolute Gasteiger partial charge is 0.340 e. The van der Waals surface area contributed by atoms with E-state index in [0.29, 0.717) is 22.7 Å². The van der Waals surface area contributed by atoms with E-state index in [1.54, 1.807) is 24.3 Å². The maximum Gasteiger partial charge on any atom is 0.340 e. The summed E-state index contributed by atoms with van der Waals surface area (Å²) in [6, 6.07) is 13.3. The Bertz CT molecular complexity index is 922. The van der Waals surface area contributed by atoms with Crippen molar-refractivity contribution in [3.8, 4) is 0 Å². The van der Waals surface area contributed by atoms with Gasteiger partial charge < -0.3 is 0 Å². The first-order chi connectivity index (χ1) is 12.7. The van der Waals surface area contributed by atoms with Crippen LogP contribution in [0.3, 0.4) is 0 Å². The molecule has 144 valence electrons. The van der Waals surface area contributed by atoms with Crippen molar-refractivity contribution < 1.29 is 17.2 Å². The quantitative estimate of drug-likeness (QED) is 0.556. The maximum atomic E-state index is 15.0. The van der Waals surface area contributed by atoms with Crippen molar-refractivity contribution >= 4 is 10.0 Å². The van der Waals surface area contributed by atoms with Gasteiger partial charge >= 0.3 is 6.05 Å². The van der Waals surface area contributed by atoms with Gasteiger partial charge in [0.25, 0.3) is 0 Å². The number of halogens is 2. The molecule has 2 aromatic carbocycles. The monoisotopic (exact) mass is 391 g/mol. The molecular formula is C21H23F2NO2S. The van der Waals surface area contributed by atoms with Crippen molar-refractivity contribution in [2.75, 3.05) is 12.8 Å². The minimum absolute atomic E-state index is 0.133. The summed E-state index contributed by atoms with van der Waals surface area (Å²) >= 11 is 0. The second-order valence-electron chi connectivity index (χ2n) is 6.98. The van der Waals surface area contributed by atoms with Crippen LogP contribution in [0.5, 0.6) is 0 Å². The van der Waals surface area contributed by atoms with E-state index in [0.717, 1.165) is 17.4 Å². The Morgan fingerprint density at radius 2 is 1.74 bits per heavy atom. The fraction of sp³-hybridized carbons (Fsp3) is 0.333. The van der Waals surface area contributed by atoms with Gasteiger partial charge in [-0.05, 0) is 30.9 Å². The summed E-state index contributed by atoms with van der Waals surface area (Å²) in [5.74, 6) is -0.644. The van der Waals surface area contributed by atoms with Gasteiger partial charge in [-0.15, -0.1) is 4.31 Å². The van der Waals surface area contributed by atoms with Crippen LogP contribution in [0.1, 0.15) is 29.0 Å². The normalized spacial score (nSPS) is 21.6. The molecule has 0 aliphatic carbocycles. The Kier molecular flexibility index (Phi) is 5.49. The highest BCUT2D eigenvalue weighted by molar-refractivity contribution is 7.88. The average Bonchev–Trinajstić information content (AvgIpc) is 2.88. The van der Waals surface area contributed by atoms with Gasteiger partial charge in [0.2, 0.25) is 10.0 Å². The lowest BCUT2D eigenvalue weighted by molar-refractivity contribution is -0.0407. The van der Waals surface area contributed by atoms with Crippen molar-refractivity contribution in [2.24, 2.45) is 0 Å². The van der Waals surface area contributed by atoms with Crippen LogP contribution in [0.4, 0.5) is 8.78 Å². The Hall–Kier alpha value is -2.05. The third-order valence-electron chi connectivity index (χ3n) is 4.90. The summed E-state index contributed by atoms with van der Waals surface area (Å²) in [6.07, 6.45) is 3.40. The second kappa shape index (κ2) is 7.52. The Morgan fingerprint density at radius 3 is 2.33 bits per heavy atom. The zero-order valence-corrected chi connectivity index (χ0v) is 16.2. The lowest BCUT2D eigenvalue weighted by Gasteiger charge is -2.22. The molecule has 27 heavy (non-hydrogen) atoms. The van der Waals surface area contributed by atoms with Crippen molar-refractivity contribution in [3.63, 3.8) is 0 Å². The summed E-state index contributed by atoms with van der Waals surface area (Å²) < 4.78 is 54.1. The number of alkyl halides is 2. The molecule has 2 aromatic rings. The maximum absolute atomic E-state index is 15.0. The van der Waals surface area contributed by atoms with E-state index in [-0.39, 0.29) is 12.1 Å². The lowest BCUT2D eigenvalue weighted by atomic mass is 9.92. The van der Waals surface area contributed by atoms with Crippen molar-refractivity contribution in [1.29, 1.82) is 0 Å².